The summed E-state index contributed by atoms with van der Waals surface area (Å²) in [6.45, 7) is 0. The second-order valence-corrected chi connectivity index (χ2v) is 6.38. The van der Waals surface area contributed by atoms with Gasteiger partial charge >= 0.3 is 0 Å². The van der Waals surface area contributed by atoms with E-state index in [-0.39, 0.29) is 23.2 Å². The summed E-state index contributed by atoms with van der Waals surface area (Å²) in [4.78, 5) is 12.5. The number of carbonyl (C=O) groups is 1. The average Bonchev–Trinajstić information content (AvgIpc) is 3.45. The normalized spacial score (nSPS) is 25.0. The van der Waals surface area contributed by atoms with Crippen molar-refractivity contribution >= 4 is 17.4 Å². The first kappa shape index (κ1) is 13.8. The van der Waals surface area contributed by atoms with E-state index in [4.69, 9.17) is 16.3 Å². The molecule has 2 aliphatic carbocycles. The lowest BCUT2D eigenvalue weighted by atomic mass is 10.0. The molecule has 114 valence electrons. The van der Waals surface area contributed by atoms with Crippen molar-refractivity contribution < 1.29 is 9.53 Å². The van der Waals surface area contributed by atoms with Gasteiger partial charge in [-0.15, -0.1) is 10.2 Å². The second kappa shape index (κ2) is 4.86. The van der Waals surface area contributed by atoms with E-state index in [9.17, 15) is 4.79 Å². The third-order valence-corrected chi connectivity index (χ3v) is 4.97. The first-order valence-electron chi connectivity index (χ1n) is 7.27. The summed E-state index contributed by atoms with van der Waals surface area (Å²) < 4.78 is 5.55. The predicted molar refractivity (Wildman–Crippen MR) is 78.7 cm³/mol. The largest absolute Gasteiger partial charge is 0.373 e. The number of nitrogens with zero attached hydrogens (tertiary/aromatic N) is 3. The summed E-state index contributed by atoms with van der Waals surface area (Å²) in [6.07, 6.45) is 2.71. The van der Waals surface area contributed by atoms with Crippen LogP contribution in [0.4, 0.5) is 0 Å². The molecule has 0 amide bonds. The van der Waals surface area contributed by atoms with Gasteiger partial charge in [-0.25, -0.2) is 0 Å². The molecule has 6 nitrogen and oxygen atoms in total. The zero-order valence-corrected chi connectivity index (χ0v) is 12.8. The second-order valence-electron chi connectivity index (χ2n) is 5.98. The molecule has 0 unspecified atom stereocenters. The van der Waals surface area contributed by atoms with E-state index in [0.717, 1.165) is 24.8 Å². The Morgan fingerprint density at radius 3 is 2.86 bits per heavy atom. The van der Waals surface area contributed by atoms with Crippen molar-refractivity contribution in [1.82, 2.24) is 20.6 Å². The maximum atomic E-state index is 12.5. The Labute approximate surface area is 132 Å². The van der Waals surface area contributed by atoms with Crippen LogP contribution in [0.15, 0.2) is 18.2 Å². The molecule has 2 fully saturated rings. The average molecular weight is 319 g/mol. The highest BCUT2D eigenvalue weighted by Gasteiger charge is 2.48. The summed E-state index contributed by atoms with van der Waals surface area (Å²) in [6, 6.07) is 5.51. The molecule has 2 saturated carbocycles. The van der Waals surface area contributed by atoms with Gasteiger partial charge in [0.05, 0.1) is 5.60 Å². The molecule has 1 aromatic carbocycles. The smallest absolute Gasteiger partial charge is 0.178 e. The summed E-state index contributed by atoms with van der Waals surface area (Å²) >= 11 is 6.37. The third-order valence-electron chi connectivity index (χ3n) is 4.66. The van der Waals surface area contributed by atoms with Crippen LogP contribution in [0, 0.1) is 5.92 Å². The zero-order chi connectivity index (χ0) is 15.3. The summed E-state index contributed by atoms with van der Waals surface area (Å²) in [5.41, 5.74) is 1.36. The number of halogens is 1. The Hall–Kier alpha value is -1.79. The van der Waals surface area contributed by atoms with E-state index in [0.29, 0.717) is 16.4 Å². The predicted octanol–water partition coefficient (Wildman–Crippen LogP) is 2.48. The zero-order valence-electron chi connectivity index (χ0n) is 12.0. The lowest BCUT2D eigenvalue weighted by Crippen LogP contribution is -2.11. The number of H-pyrrole nitrogens is 1. The number of Topliss-reactive ketones (excluding diaryl/α,β-unsaturated/α-hetero) is 1. The van der Waals surface area contributed by atoms with Crippen molar-refractivity contribution in [2.45, 2.75) is 30.8 Å². The van der Waals surface area contributed by atoms with Crippen LogP contribution < -0.4 is 0 Å². The third kappa shape index (κ3) is 2.14. The van der Waals surface area contributed by atoms with E-state index < -0.39 is 0 Å². The lowest BCUT2D eigenvalue weighted by Gasteiger charge is -2.16. The Kier molecular flexibility index (Phi) is 3.06. The fourth-order valence-corrected chi connectivity index (χ4v) is 3.40. The van der Waals surface area contributed by atoms with Crippen molar-refractivity contribution in [1.29, 1.82) is 0 Å². The maximum absolute atomic E-state index is 12.5. The Morgan fingerprint density at radius 2 is 2.27 bits per heavy atom. The molecule has 0 saturated heterocycles. The van der Waals surface area contributed by atoms with Gasteiger partial charge in [-0.1, -0.05) is 28.9 Å². The number of aromatic nitrogens is 4. The number of nitrogens with one attached hydrogen (secondary N) is 1. The number of hydrogen-bond donors (Lipinski definition) is 1. The molecule has 0 spiro atoms. The standard InChI is InChI=1S/C15H15ClN4O2/c1-22-15(4-5-15)11-3-2-8(6-12(11)16)13(21)9-7-10(9)14-17-19-20-18-14/h2-3,6,9-10H,4-5,7H2,1H3,(H,17,18,19,20)/t9-,10-/m0/s1. The number of methoxy groups -OCH3 is 1. The number of carbonyl (C=O) groups excluding carboxylic acids is 1. The van der Waals surface area contributed by atoms with E-state index in [1.807, 2.05) is 12.1 Å². The number of rotatable bonds is 5. The molecule has 1 N–H and O–H groups in total. The van der Waals surface area contributed by atoms with E-state index in [1.54, 1.807) is 13.2 Å². The van der Waals surface area contributed by atoms with Gasteiger partial charge in [0.25, 0.3) is 0 Å². The molecular formula is C15H15ClN4O2. The van der Waals surface area contributed by atoms with Crippen LogP contribution in [0.3, 0.4) is 0 Å². The fraction of sp³-hybridized carbons (Fsp3) is 0.467. The summed E-state index contributed by atoms with van der Waals surface area (Å²) in [5, 5.41) is 14.4. The minimum atomic E-state index is -0.245. The van der Waals surface area contributed by atoms with Gasteiger partial charge in [0.2, 0.25) is 0 Å². The van der Waals surface area contributed by atoms with Crippen LogP contribution in [-0.2, 0) is 10.3 Å². The topological polar surface area (TPSA) is 80.8 Å². The summed E-state index contributed by atoms with van der Waals surface area (Å²) in [5.74, 6) is 0.693. The molecule has 2 aliphatic rings. The molecule has 7 heteroatoms. The molecule has 0 bridgehead atoms. The monoisotopic (exact) mass is 318 g/mol. The highest BCUT2D eigenvalue weighted by molar-refractivity contribution is 6.32. The quantitative estimate of drug-likeness (QED) is 0.857. The van der Waals surface area contributed by atoms with Gasteiger partial charge in [-0.3, -0.25) is 4.79 Å². The van der Waals surface area contributed by atoms with Crippen LogP contribution in [0.2, 0.25) is 5.02 Å². The number of benzene rings is 1. The molecular weight excluding hydrogens is 304 g/mol. The van der Waals surface area contributed by atoms with Gasteiger partial charge in [0.1, 0.15) is 0 Å². The van der Waals surface area contributed by atoms with Crippen LogP contribution >= 0.6 is 11.6 Å². The Balaban J connectivity index is 1.54. The first-order chi connectivity index (χ1) is 10.6. The van der Waals surface area contributed by atoms with Gasteiger partial charge < -0.3 is 4.74 Å². The molecule has 4 rings (SSSR count). The molecule has 0 aliphatic heterocycles. The molecule has 22 heavy (non-hydrogen) atoms. The van der Waals surface area contributed by atoms with E-state index in [2.05, 4.69) is 20.6 Å². The fourth-order valence-electron chi connectivity index (χ4n) is 3.05. The van der Waals surface area contributed by atoms with Gasteiger partial charge in [0.15, 0.2) is 11.6 Å². The number of tetrazole rings is 1. The van der Waals surface area contributed by atoms with E-state index >= 15 is 0 Å². The molecule has 0 radical (unpaired) electrons. The highest BCUT2D eigenvalue weighted by atomic mass is 35.5. The number of hydrogen-bond acceptors (Lipinski definition) is 5. The molecule has 1 heterocycles. The van der Waals surface area contributed by atoms with Crippen molar-refractivity contribution in [3.05, 3.63) is 40.2 Å². The summed E-state index contributed by atoms with van der Waals surface area (Å²) in [7, 11) is 1.70. The van der Waals surface area contributed by atoms with Crippen LogP contribution in [0.5, 0.6) is 0 Å². The van der Waals surface area contributed by atoms with Crippen molar-refractivity contribution in [3.63, 3.8) is 0 Å². The van der Waals surface area contributed by atoms with Gasteiger partial charge in [-0.05, 0) is 25.3 Å². The van der Waals surface area contributed by atoms with E-state index in [1.165, 1.54) is 0 Å². The van der Waals surface area contributed by atoms with Crippen LogP contribution in [0.1, 0.15) is 46.9 Å². The van der Waals surface area contributed by atoms with Crippen molar-refractivity contribution in [2.24, 2.45) is 5.92 Å². The SMILES string of the molecule is COC1(c2ccc(C(=O)[C@H]3C[C@@H]3c3nn[nH]n3)cc2Cl)CC1. The first-order valence-corrected chi connectivity index (χ1v) is 7.65. The Bertz CT molecular complexity index is 727. The van der Waals surface area contributed by atoms with Crippen LogP contribution in [-0.4, -0.2) is 33.5 Å². The highest BCUT2D eigenvalue weighted by Crippen LogP contribution is 2.52. The lowest BCUT2D eigenvalue weighted by molar-refractivity contribution is 0.0789. The Morgan fingerprint density at radius 1 is 1.45 bits per heavy atom. The number of ether oxygens (including phenoxy) is 1. The maximum Gasteiger partial charge on any atom is 0.178 e. The van der Waals surface area contributed by atoms with Crippen molar-refractivity contribution in [3.8, 4) is 0 Å². The minimum Gasteiger partial charge on any atom is -0.373 e. The number of aromatic amines is 1. The molecule has 2 atom stereocenters. The van der Waals surface area contributed by atoms with Gasteiger partial charge in [0, 0.05) is 35.1 Å². The molecule has 1 aromatic heterocycles. The number of ketones is 1. The minimum absolute atomic E-state index is 0.0680. The molecule has 2 aromatic rings. The van der Waals surface area contributed by atoms with Crippen molar-refractivity contribution in [2.75, 3.05) is 7.11 Å². The van der Waals surface area contributed by atoms with Crippen LogP contribution in [0.25, 0.3) is 0 Å². The van der Waals surface area contributed by atoms with Gasteiger partial charge in [-0.2, -0.15) is 5.21 Å².